The summed E-state index contributed by atoms with van der Waals surface area (Å²) < 4.78 is 4.61. The Morgan fingerprint density at radius 2 is 2.29 bits per heavy atom. The maximum atomic E-state index is 11.2. The Morgan fingerprint density at radius 1 is 1.50 bits per heavy atom. The molecule has 1 rings (SSSR count). The van der Waals surface area contributed by atoms with E-state index in [0.29, 0.717) is 5.56 Å². The van der Waals surface area contributed by atoms with E-state index in [0.717, 1.165) is 5.56 Å². The minimum Gasteiger partial charge on any atom is -0.465 e. The van der Waals surface area contributed by atoms with Gasteiger partial charge in [0, 0.05) is 0 Å². The van der Waals surface area contributed by atoms with Crippen molar-refractivity contribution in [3.8, 4) is 0 Å². The average molecular weight is 188 g/mol. The molecule has 0 bridgehead atoms. The number of ether oxygens (including phenoxy) is 1. The first-order valence-corrected chi connectivity index (χ1v) is 4.25. The fourth-order valence-electron chi connectivity index (χ4n) is 1.07. The zero-order valence-electron chi connectivity index (χ0n) is 8.07. The van der Waals surface area contributed by atoms with Crippen molar-refractivity contribution in [3.05, 3.63) is 54.1 Å². The highest BCUT2D eigenvalue weighted by Crippen LogP contribution is 2.08. The number of esters is 1. The van der Waals surface area contributed by atoms with Gasteiger partial charge in [0.05, 0.1) is 12.7 Å². The van der Waals surface area contributed by atoms with E-state index in [4.69, 9.17) is 0 Å². The zero-order valence-corrected chi connectivity index (χ0v) is 8.07. The van der Waals surface area contributed by atoms with Gasteiger partial charge in [0.2, 0.25) is 0 Å². The van der Waals surface area contributed by atoms with Crippen LogP contribution in [0.3, 0.4) is 0 Å². The summed E-state index contributed by atoms with van der Waals surface area (Å²) in [4.78, 5) is 11.2. The summed E-state index contributed by atoms with van der Waals surface area (Å²) in [7, 11) is 1.37. The highest BCUT2D eigenvalue weighted by molar-refractivity contribution is 5.89. The summed E-state index contributed by atoms with van der Waals surface area (Å²) in [5.41, 5.74) is 1.51. The second kappa shape index (κ2) is 5.02. The highest BCUT2D eigenvalue weighted by atomic mass is 16.5. The molecule has 0 saturated carbocycles. The maximum Gasteiger partial charge on any atom is 0.337 e. The molecule has 0 radical (unpaired) electrons. The third-order valence-corrected chi connectivity index (χ3v) is 1.73. The Morgan fingerprint density at radius 3 is 2.93 bits per heavy atom. The lowest BCUT2D eigenvalue weighted by atomic mass is 10.1. The van der Waals surface area contributed by atoms with Crippen LogP contribution >= 0.6 is 0 Å². The number of methoxy groups -OCH3 is 1. The third kappa shape index (κ3) is 2.59. The van der Waals surface area contributed by atoms with Gasteiger partial charge < -0.3 is 4.74 Å². The van der Waals surface area contributed by atoms with Crippen LogP contribution in [0.5, 0.6) is 0 Å². The van der Waals surface area contributed by atoms with Crippen LogP contribution in [0.2, 0.25) is 0 Å². The molecule has 0 fully saturated rings. The van der Waals surface area contributed by atoms with E-state index >= 15 is 0 Å². The van der Waals surface area contributed by atoms with Crippen LogP contribution in [-0.4, -0.2) is 13.1 Å². The molecule has 14 heavy (non-hydrogen) atoms. The second-order valence-corrected chi connectivity index (χ2v) is 2.71. The topological polar surface area (TPSA) is 26.3 Å². The number of hydrogen-bond donors (Lipinski definition) is 0. The number of carbonyl (C=O) groups is 1. The fraction of sp³-hybridized carbons (Fsp3) is 0.0833. The first kappa shape index (κ1) is 10.3. The first-order chi connectivity index (χ1) is 6.77. The number of allylic oxidation sites excluding steroid dienone is 2. The minimum absolute atomic E-state index is 0.321. The van der Waals surface area contributed by atoms with Gasteiger partial charge in [-0.1, -0.05) is 36.9 Å². The van der Waals surface area contributed by atoms with Gasteiger partial charge >= 0.3 is 5.97 Å². The van der Waals surface area contributed by atoms with Crippen molar-refractivity contribution in [2.24, 2.45) is 0 Å². The molecule has 2 nitrogen and oxygen atoms in total. The van der Waals surface area contributed by atoms with E-state index < -0.39 is 0 Å². The minimum atomic E-state index is -0.321. The van der Waals surface area contributed by atoms with Crippen LogP contribution in [-0.2, 0) is 4.74 Å². The molecular formula is C12H12O2. The largest absolute Gasteiger partial charge is 0.465 e. The molecule has 0 saturated heterocycles. The summed E-state index contributed by atoms with van der Waals surface area (Å²) in [6, 6.07) is 7.21. The van der Waals surface area contributed by atoms with Crippen molar-refractivity contribution in [1.82, 2.24) is 0 Å². The van der Waals surface area contributed by atoms with Gasteiger partial charge in [-0.25, -0.2) is 4.79 Å². The van der Waals surface area contributed by atoms with Gasteiger partial charge in [-0.3, -0.25) is 0 Å². The van der Waals surface area contributed by atoms with E-state index in [9.17, 15) is 4.79 Å². The van der Waals surface area contributed by atoms with Gasteiger partial charge in [0.1, 0.15) is 0 Å². The molecule has 0 aliphatic heterocycles. The van der Waals surface area contributed by atoms with Gasteiger partial charge in [0.15, 0.2) is 0 Å². The molecule has 0 aromatic heterocycles. The molecule has 2 heteroatoms. The maximum absolute atomic E-state index is 11.2. The molecule has 0 aliphatic rings. The van der Waals surface area contributed by atoms with Gasteiger partial charge in [-0.2, -0.15) is 0 Å². The predicted octanol–water partition coefficient (Wildman–Crippen LogP) is 2.67. The fourth-order valence-corrected chi connectivity index (χ4v) is 1.07. The lowest BCUT2D eigenvalue weighted by Crippen LogP contribution is -2.00. The summed E-state index contributed by atoms with van der Waals surface area (Å²) >= 11 is 0. The monoisotopic (exact) mass is 188 g/mol. The molecule has 0 N–H and O–H groups in total. The quantitative estimate of drug-likeness (QED) is 0.538. The van der Waals surface area contributed by atoms with Crippen LogP contribution in [0.4, 0.5) is 0 Å². The van der Waals surface area contributed by atoms with Crippen LogP contribution in [0, 0.1) is 0 Å². The van der Waals surface area contributed by atoms with Crippen LogP contribution < -0.4 is 0 Å². The molecule has 1 aromatic rings. The number of carbonyl (C=O) groups excluding carboxylic acids is 1. The van der Waals surface area contributed by atoms with E-state index in [1.807, 2.05) is 24.3 Å². The van der Waals surface area contributed by atoms with Crippen molar-refractivity contribution >= 4 is 12.0 Å². The molecule has 0 atom stereocenters. The molecule has 0 unspecified atom stereocenters. The lowest BCUT2D eigenvalue weighted by molar-refractivity contribution is 0.0600. The third-order valence-electron chi connectivity index (χ3n) is 1.73. The average Bonchev–Trinajstić information content (AvgIpc) is 2.25. The Hall–Kier alpha value is -1.83. The summed E-state index contributed by atoms with van der Waals surface area (Å²) in [5, 5.41) is 0. The Balaban J connectivity index is 2.94. The molecule has 0 aliphatic carbocycles. The second-order valence-electron chi connectivity index (χ2n) is 2.71. The molecule has 72 valence electrons. The smallest absolute Gasteiger partial charge is 0.337 e. The Labute approximate surface area is 83.5 Å². The van der Waals surface area contributed by atoms with E-state index in [1.54, 1.807) is 18.2 Å². The van der Waals surface area contributed by atoms with E-state index in [-0.39, 0.29) is 5.97 Å². The number of rotatable bonds is 3. The van der Waals surface area contributed by atoms with Gasteiger partial charge in [-0.15, -0.1) is 0 Å². The Kier molecular flexibility index (Phi) is 3.68. The van der Waals surface area contributed by atoms with Gasteiger partial charge in [-0.05, 0) is 17.7 Å². The highest BCUT2D eigenvalue weighted by Gasteiger charge is 2.03. The Bertz CT molecular complexity index is 364. The molecule has 0 amide bonds. The molecule has 0 spiro atoms. The predicted molar refractivity (Wildman–Crippen MR) is 57.0 cm³/mol. The molecular weight excluding hydrogens is 176 g/mol. The van der Waals surface area contributed by atoms with Gasteiger partial charge in [0.25, 0.3) is 0 Å². The van der Waals surface area contributed by atoms with Crippen molar-refractivity contribution in [3.63, 3.8) is 0 Å². The molecule has 1 aromatic carbocycles. The van der Waals surface area contributed by atoms with Crippen LogP contribution in [0.25, 0.3) is 6.08 Å². The normalized spacial score (nSPS) is 10.1. The van der Waals surface area contributed by atoms with Crippen LogP contribution in [0.15, 0.2) is 43.0 Å². The van der Waals surface area contributed by atoms with Crippen molar-refractivity contribution in [1.29, 1.82) is 0 Å². The van der Waals surface area contributed by atoms with Crippen LogP contribution in [0.1, 0.15) is 15.9 Å². The SMILES string of the molecule is C=C/C=C/c1cccc(C(=O)OC)c1. The molecule has 0 heterocycles. The summed E-state index contributed by atoms with van der Waals surface area (Å²) in [6.45, 7) is 3.57. The van der Waals surface area contributed by atoms with E-state index in [1.165, 1.54) is 7.11 Å². The lowest BCUT2D eigenvalue weighted by Gasteiger charge is -1.99. The zero-order chi connectivity index (χ0) is 10.4. The van der Waals surface area contributed by atoms with Crippen molar-refractivity contribution in [2.75, 3.05) is 7.11 Å². The van der Waals surface area contributed by atoms with Crippen molar-refractivity contribution in [2.45, 2.75) is 0 Å². The number of benzene rings is 1. The van der Waals surface area contributed by atoms with Crippen molar-refractivity contribution < 1.29 is 9.53 Å². The first-order valence-electron chi connectivity index (χ1n) is 4.25. The van der Waals surface area contributed by atoms with E-state index in [2.05, 4.69) is 11.3 Å². The number of hydrogen-bond acceptors (Lipinski definition) is 2. The standard InChI is InChI=1S/C12H12O2/c1-3-4-6-10-7-5-8-11(9-10)12(13)14-2/h3-9H,1H2,2H3/b6-4+. The summed E-state index contributed by atoms with van der Waals surface area (Å²) in [5.74, 6) is -0.321. The summed E-state index contributed by atoms with van der Waals surface area (Å²) in [6.07, 6.45) is 5.38.